The number of anilines is 2. The van der Waals surface area contributed by atoms with Gasteiger partial charge in [0.2, 0.25) is 0 Å². The molecule has 0 saturated heterocycles. The van der Waals surface area contributed by atoms with Gasteiger partial charge >= 0.3 is 5.97 Å². The number of thiophene rings is 1. The minimum Gasteiger partial charge on any atom is -0.504 e. The van der Waals surface area contributed by atoms with Gasteiger partial charge in [-0.15, -0.1) is 16.5 Å². The molecule has 0 unspecified atom stereocenters. The minimum atomic E-state index is -0.664. The average Bonchev–Trinajstić information content (AvgIpc) is 3.03. The first-order chi connectivity index (χ1) is 14.0. The highest BCUT2D eigenvalue weighted by Crippen LogP contribution is 2.47. The molecular weight excluding hydrogens is 396 g/mol. The molecule has 148 valence electrons. The summed E-state index contributed by atoms with van der Waals surface area (Å²) >= 11 is 0.992. The Morgan fingerprint density at radius 3 is 2.48 bits per heavy atom. The lowest BCUT2D eigenvalue weighted by atomic mass is 10.3. The van der Waals surface area contributed by atoms with Crippen LogP contribution in [-0.4, -0.2) is 22.6 Å². The number of benzene rings is 2. The Labute approximate surface area is 169 Å². The number of esters is 1. The molecule has 0 spiro atoms. The van der Waals surface area contributed by atoms with Crippen LogP contribution in [0.3, 0.4) is 0 Å². The summed E-state index contributed by atoms with van der Waals surface area (Å²) in [4.78, 5) is 22.4. The minimum absolute atomic E-state index is 0.00271. The number of azo groups is 1. The normalized spacial score (nSPS) is 10.8. The number of para-hydroxylation sites is 1. The Balaban J connectivity index is 1.96. The topological polar surface area (TPSA) is 126 Å². The maximum absolute atomic E-state index is 12.1. The van der Waals surface area contributed by atoms with Crippen LogP contribution in [0.15, 0.2) is 64.8 Å². The van der Waals surface area contributed by atoms with Crippen LogP contribution in [0, 0.1) is 10.1 Å². The van der Waals surface area contributed by atoms with Crippen LogP contribution in [0.2, 0.25) is 0 Å². The first kappa shape index (κ1) is 20.0. The number of nitrogens with one attached hydrogen (secondary N) is 1. The molecule has 3 aromatic rings. The van der Waals surface area contributed by atoms with Crippen molar-refractivity contribution < 1.29 is 19.6 Å². The number of hydrogen-bond acceptors (Lipinski definition) is 9. The number of non-ortho nitro benzene ring substituents is 1. The van der Waals surface area contributed by atoms with Crippen molar-refractivity contribution in [2.45, 2.75) is 6.92 Å². The second-order valence-electron chi connectivity index (χ2n) is 5.64. The summed E-state index contributed by atoms with van der Waals surface area (Å²) in [6.07, 6.45) is 0. The molecule has 0 atom stereocenters. The van der Waals surface area contributed by atoms with Crippen LogP contribution in [0.25, 0.3) is 0 Å². The fourth-order valence-electron chi connectivity index (χ4n) is 2.33. The number of aromatic hydroxyl groups is 1. The lowest BCUT2D eigenvalue weighted by Gasteiger charge is -2.03. The third kappa shape index (κ3) is 4.74. The second kappa shape index (κ2) is 8.93. The van der Waals surface area contributed by atoms with Gasteiger partial charge in [-0.05, 0) is 31.2 Å². The van der Waals surface area contributed by atoms with Gasteiger partial charge in [0, 0.05) is 17.8 Å². The van der Waals surface area contributed by atoms with Crippen LogP contribution in [0.4, 0.5) is 27.8 Å². The zero-order valence-corrected chi connectivity index (χ0v) is 16.0. The van der Waals surface area contributed by atoms with Crippen molar-refractivity contribution in [1.82, 2.24) is 0 Å². The van der Waals surface area contributed by atoms with Crippen LogP contribution in [0.1, 0.15) is 16.6 Å². The molecule has 0 bridgehead atoms. The Kier molecular flexibility index (Phi) is 6.15. The summed E-state index contributed by atoms with van der Waals surface area (Å²) in [5.41, 5.74) is 1.08. The predicted molar refractivity (Wildman–Crippen MR) is 109 cm³/mol. The largest absolute Gasteiger partial charge is 0.504 e. The zero-order valence-electron chi connectivity index (χ0n) is 15.2. The van der Waals surface area contributed by atoms with Crippen molar-refractivity contribution in [2.75, 3.05) is 11.9 Å². The standard InChI is InChI=1S/C19H16N4O5S/c1-2-28-19(25)17-16(24)15(18(29-17)20-12-6-4-3-5-7-12)22-21-13-8-10-14(11-9-13)23(26)27/h3-11,20,24H,2H2,1H3. The van der Waals surface area contributed by atoms with E-state index in [2.05, 4.69) is 15.5 Å². The molecule has 0 aliphatic rings. The number of ether oxygens (including phenoxy) is 1. The average molecular weight is 412 g/mol. The van der Waals surface area contributed by atoms with E-state index >= 15 is 0 Å². The number of nitro groups is 1. The van der Waals surface area contributed by atoms with Gasteiger partial charge in [0.1, 0.15) is 5.00 Å². The molecule has 0 aliphatic heterocycles. The Hall–Kier alpha value is -3.79. The van der Waals surface area contributed by atoms with E-state index in [1.54, 1.807) is 6.92 Å². The molecule has 9 nitrogen and oxygen atoms in total. The van der Waals surface area contributed by atoms with Crippen LogP contribution in [-0.2, 0) is 4.74 Å². The van der Waals surface area contributed by atoms with Gasteiger partial charge in [-0.1, -0.05) is 18.2 Å². The molecule has 1 aromatic heterocycles. The van der Waals surface area contributed by atoms with Crippen LogP contribution >= 0.6 is 11.3 Å². The molecule has 0 fully saturated rings. The third-order valence-corrected chi connectivity index (χ3v) is 4.74. The maximum atomic E-state index is 12.1. The van der Waals surface area contributed by atoms with Crippen molar-refractivity contribution in [3.8, 4) is 5.75 Å². The summed E-state index contributed by atoms with van der Waals surface area (Å²) in [5.74, 6) is -1.01. The van der Waals surface area contributed by atoms with Crippen LogP contribution in [0.5, 0.6) is 5.75 Å². The molecule has 3 rings (SSSR count). The highest BCUT2D eigenvalue weighted by molar-refractivity contribution is 7.19. The fourth-order valence-corrected chi connectivity index (χ4v) is 3.27. The zero-order chi connectivity index (χ0) is 20.8. The molecule has 0 saturated carbocycles. The summed E-state index contributed by atoms with van der Waals surface area (Å²) in [5, 5.41) is 32.8. The van der Waals surface area contributed by atoms with E-state index in [1.807, 2.05) is 30.3 Å². The van der Waals surface area contributed by atoms with E-state index in [4.69, 9.17) is 4.74 Å². The van der Waals surface area contributed by atoms with Gasteiger partial charge in [-0.3, -0.25) is 10.1 Å². The molecule has 2 N–H and O–H groups in total. The van der Waals surface area contributed by atoms with E-state index < -0.39 is 10.9 Å². The quantitative estimate of drug-likeness (QED) is 0.222. The summed E-state index contributed by atoms with van der Waals surface area (Å²) in [7, 11) is 0. The Bertz CT molecular complexity index is 1050. The van der Waals surface area contributed by atoms with Crippen molar-refractivity contribution in [2.24, 2.45) is 10.2 Å². The monoisotopic (exact) mass is 412 g/mol. The van der Waals surface area contributed by atoms with E-state index in [9.17, 15) is 20.0 Å². The van der Waals surface area contributed by atoms with Crippen molar-refractivity contribution in [3.05, 3.63) is 69.6 Å². The Morgan fingerprint density at radius 2 is 1.86 bits per heavy atom. The lowest BCUT2D eigenvalue weighted by Crippen LogP contribution is -2.01. The summed E-state index contributed by atoms with van der Waals surface area (Å²) < 4.78 is 4.97. The molecule has 29 heavy (non-hydrogen) atoms. The van der Waals surface area contributed by atoms with Gasteiger partial charge in [-0.25, -0.2) is 4.79 Å². The van der Waals surface area contributed by atoms with E-state index in [0.717, 1.165) is 17.0 Å². The molecular formula is C19H16N4O5S. The highest BCUT2D eigenvalue weighted by Gasteiger charge is 2.24. The number of carbonyl (C=O) groups excluding carboxylic acids is 1. The number of carbonyl (C=O) groups is 1. The first-order valence-corrected chi connectivity index (χ1v) is 9.32. The van der Waals surface area contributed by atoms with E-state index in [1.165, 1.54) is 24.3 Å². The summed E-state index contributed by atoms with van der Waals surface area (Å²) in [6.45, 7) is 1.83. The molecule has 2 aromatic carbocycles. The highest BCUT2D eigenvalue weighted by atomic mass is 32.1. The van der Waals surface area contributed by atoms with Gasteiger partial charge in [-0.2, -0.15) is 5.11 Å². The molecule has 10 heteroatoms. The smallest absolute Gasteiger partial charge is 0.352 e. The molecule has 0 amide bonds. The molecule has 0 aliphatic carbocycles. The van der Waals surface area contributed by atoms with Gasteiger partial charge in [0.15, 0.2) is 16.3 Å². The van der Waals surface area contributed by atoms with E-state index in [0.29, 0.717) is 10.7 Å². The first-order valence-electron chi connectivity index (χ1n) is 8.50. The van der Waals surface area contributed by atoms with Gasteiger partial charge in [0.25, 0.3) is 5.69 Å². The number of rotatable bonds is 7. The lowest BCUT2D eigenvalue weighted by molar-refractivity contribution is -0.384. The van der Waals surface area contributed by atoms with Gasteiger partial charge < -0.3 is 15.2 Å². The molecule has 0 radical (unpaired) electrons. The summed E-state index contributed by atoms with van der Waals surface area (Å²) in [6, 6.07) is 14.6. The number of nitro benzene ring substituents is 1. The fraction of sp³-hybridized carbons (Fsp3) is 0.105. The maximum Gasteiger partial charge on any atom is 0.352 e. The van der Waals surface area contributed by atoms with Crippen molar-refractivity contribution in [1.29, 1.82) is 0 Å². The van der Waals surface area contributed by atoms with E-state index in [-0.39, 0.29) is 28.6 Å². The Morgan fingerprint density at radius 1 is 1.17 bits per heavy atom. The SMILES string of the molecule is CCOC(=O)c1sc(Nc2ccccc2)c(N=Nc2ccc([N+](=O)[O-])cc2)c1O. The predicted octanol–water partition coefficient (Wildman–Crippen LogP) is 5.70. The van der Waals surface area contributed by atoms with Crippen molar-refractivity contribution >= 4 is 45.1 Å². The second-order valence-corrected chi connectivity index (χ2v) is 6.66. The molecule has 1 heterocycles. The number of hydrogen-bond donors (Lipinski definition) is 2. The van der Waals surface area contributed by atoms with Crippen molar-refractivity contribution in [3.63, 3.8) is 0 Å². The third-order valence-electron chi connectivity index (χ3n) is 3.68. The van der Waals surface area contributed by atoms with Crippen LogP contribution < -0.4 is 5.32 Å². The van der Waals surface area contributed by atoms with Gasteiger partial charge in [0.05, 0.1) is 17.2 Å². The number of nitrogens with zero attached hydrogens (tertiary/aromatic N) is 3.